The third kappa shape index (κ3) is 2.58. The predicted octanol–water partition coefficient (Wildman–Crippen LogP) is 1.37. The molecule has 3 rings (SSSR count). The molecule has 0 amide bonds. The minimum Gasteiger partial charge on any atom is -0.333 e. The summed E-state index contributed by atoms with van der Waals surface area (Å²) in [7, 11) is 0. The van der Waals surface area contributed by atoms with Gasteiger partial charge in [0.15, 0.2) is 0 Å². The molecule has 1 aliphatic carbocycles. The van der Waals surface area contributed by atoms with Gasteiger partial charge >= 0.3 is 0 Å². The quantitative estimate of drug-likeness (QED) is 0.850. The zero-order valence-corrected chi connectivity index (χ0v) is 12.2. The summed E-state index contributed by atoms with van der Waals surface area (Å²) in [6.45, 7) is 6.74. The average Bonchev–Trinajstić information content (AvgIpc) is 3.22. The number of fused-ring (bicyclic) bond motifs is 1. The summed E-state index contributed by atoms with van der Waals surface area (Å²) in [5.41, 5.74) is -0.356. The van der Waals surface area contributed by atoms with Crippen LogP contribution >= 0.6 is 0 Å². The molecule has 2 aliphatic rings. The van der Waals surface area contributed by atoms with E-state index in [0.29, 0.717) is 5.92 Å². The second-order valence-electron chi connectivity index (χ2n) is 6.03. The Morgan fingerprint density at radius 3 is 3.05 bits per heavy atom. The normalized spacial score (nSPS) is 22.0. The molecule has 0 aromatic carbocycles. The minimum absolute atomic E-state index is 0.356. The lowest BCUT2D eigenvalue weighted by atomic mass is 9.93. The number of hydrogen-bond donors (Lipinski definition) is 1. The van der Waals surface area contributed by atoms with Gasteiger partial charge in [-0.15, -0.1) is 0 Å². The van der Waals surface area contributed by atoms with E-state index >= 15 is 0 Å². The van der Waals surface area contributed by atoms with Crippen LogP contribution in [-0.2, 0) is 13.1 Å². The number of imidazole rings is 1. The van der Waals surface area contributed by atoms with Gasteiger partial charge in [0.2, 0.25) is 0 Å². The molecule has 0 radical (unpaired) electrons. The van der Waals surface area contributed by atoms with Crippen molar-refractivity contribution in [2.75, 3.05) is 19.6 Å². The van der Waals surface area contributed by atoms with Crippen LogP contribution in [0.5, 0.6) is 0 Å². The van der Waals surface area contributed by atoms with Crippen LogP contribution in [0.1, 0.15) is 32.0 Å². The topological polar surface area (TPSA) is 56.9 Å². The summed E-state index contributed by atoms with van der Waals surface area (Å²) in [5.74, 6) is 1.65. The molecule has 1 atom stereocenters. The van der Waals surface area contributed by atoms with Crippen molar-refractivity contribution in [3.05, 3.63) is 18.2 Å². The first kappa shape index (κ1) is 13.6. The molecular formula is C15H23N5. The summed E-state index contributed by atoms with van der Waals surface area (Å²) in [5, 5.41) is 13.3. The maximum absolute atomic E-state index is 9.74. The standard InChI is InChI=1S/C15H23N5/c1-2-5-18-15(11-16,13-3-4-13)12-19-8-9-20-7-6-17-14(20)10-19/h6-7,13,18H,2-5,8-10,12H2,1H3. The number of hydrogen-bond acceptors (Lipinski definition) is 4. The highest BCUT2D eigenvalue weighted by atomic mass is 15.3. The molecule has 1 aromatic rings. The Kier molecular flexibility index (Phi) is 3.77. The molecule has 108 valence electrons. The Bertz CT molecular complexity index is 499. The maximum atomic E-state index is 9.74. The van der Waals surface area contributed by atoms with Crippen LogP contribution in [0.15, 0.2) is 12.4 Å². The minimum atomic E-state index is -0.356. The van der Waals surface area contributed by atoms with E-state index in [-0.39, 0.29) is 5.54 Å². The van der Waals surface area contributed by atoms with Crippen molar-refractivity contribution >= 4 is 0 Å². The van der Waals surface area contributed by atoms with Crippen LogP contribution in [0.3, 0.4) is 0 Å². The highest BCUT2D eigenvalue weighted by molar-refractivity contribution is 5.17. The number of rotatable bonds is 6. The summed E-state index contributed by atoms with van der Waals surface area (Å²) >= 11 is 0. The van der Waals surface area contributed by atoms with E-state index in [2.05, 4.69) is 32.8 Å². The van der Waals surface area contributed by atoms with Gasteiger partial charge in [-0.2, -0.15) is 5.26 Å². The van der Waals surface area contributed by atoms with Crippen molar-refractivity contribution in [2.45, 2.75) is 44.8 Å². The van der Waals surface area contributed by atoms with Crippen LogP contribution in [0, 0.1) is 17.2 Å². The van der Waals surface area contributed by atoms with Gasteiger partial charge in [-0.1, -0.05) is 6.92 Å². The SMILES string of the molecule is CCCNC(C#N)(CN1CCn2ccnc2C1)C1CC1. The van der Waals surface area contributed by atoms with Crippen molar-refractivity contribution in [3.8, 4) is 6.07 Å². The summed E-state index contributed by atoms with van der Waals surface area (Å²) in [4.78, 5) is 6.78. The van der Waals surface area contributed by atoms with E-state index < -0.39 is 0 Å². The number of nitrogens with zero attached hydrogens (tertiary/aromatic N) is 4. The first-order chi connectivity index (χ1) is 9.77. The Morgan fingerprint density at radius 2 is 2.35 bits per heavy atom. The van der Waals surface area contributed by atoms with Crippen LogP contribution in [-0.4, -0.2) is 39.6 Å². The highest BCUT2D eigenvalue weighted by Crippen LogP contribution is 2.40. The van der Waals surface area contributed by atoms with Gasteiger partial charge in [0, 0.05) is 32.0 Å². The Labute approximate surface area is 120 Å². The van der Waals surface area contributed by atoms with E-state index in [4.69, 9.17) is 0 Å². The van der Waals surface area contributed by atoms with Crippen LogP contribution in [0.4, 0.5) is 0 Å². The van der Waals surface area contributed by atoms with E-state index in [0.717, 1.165) is 45.0 Å². The fourth-order valence-electron chi connectivity index (χ4n) is 3.13. The van der Waals surface area contributed by atoms with E-state index in [1.807, 2.05) is 12.4 Å². The lowest BCUT2D eigenvalue weighted by Crippen LogP contribution is -2.55. The molecule has 5 nitrogen and oxygen atoms in total. The van der Waals surface area contributed by atoms with Gasteiger partial charge in [0.1, 0.15) is 11.4 Å². The van der Waals surface area contributed by atoms with Gasteiger partial charge in [-0.3, -0.25) is 10.2 Å². The van der Waals surface area contributed by atoms with Gasteiger partial charge in [-0.25, -0.2) is 4.98 Å². The second kappa shape index (κ2) is 5.55. The van der Waals surface area contributed by atoms with E-state index in [1.54, 1.807) is 0 Å². The van der Waals surface area contributed by atoms with Gasteiger partial charge in [-0.05, 0) is 31.7 Å². The van der Waals surface area contributed by atoms with Crippen molar-refractivity contribution < 1.29 is 0 Å². The molecule has 0 bridgehead atoms. The molecule has 1 unspecified atom stereocenters. The van der Waals surface area contributed by atoms with Crippen molar-refractivity contribution in [2.24, 2.45) is 5.92 Å². The van der Waals surface area contributed by atoms with Crippen LogP contribution in [0.25, 0.3) is 0 Å². The number of aromatic nitrogens is 2. The van der Waals surface area contributed by atoms with Gasteiger partial charge in [0.05, 0.1) is 12.6 Å². The smallest absolute Gasteiger partial charge is 0.122 e. The lowest BCUT2D eigenvalue weighted by molar-refractivity contribution is 0.160. The third-order valence-corrected chi connectivity index (χ3v) is 4.46. The summed E-state index contributed by atoms with van der Waals surface area (Å²) in [6.07, 6.45) is 7.35. The van der Waals surface area contributed by atoms with E-state index in [1.165, 1.54) is 12.8 Å². The first-order valence-corrected chi connectivity index (χ1v) is 7.66. The van der Waals surface area contributed by atoms with E-state index in [9.17, 15) is 5.26 Å². The fraction of sp³-hybridized carbons (Fsp3) is 0.733. The Balaban J connectivity index is 1.69. The lowest BCUT2D eigenvalue weighted by Gasteiger charge is -2.36. The molecule has 1 aromatic heterocycles. The zero-order chi connectivity index (χ0) is 14.0. The molecule has 20 heavy (non-hydrogen) atoms. The number of nitrogens with one attached hydrogen (secondary N) is 1. The summed E-state index contributed by atoms with van der Waals surface area (Å²) < 4.78 is 2.21. The molecule has 1 N–H and O–H groups in total. The predicted molar refractivity (Wildman–Crippen MR) is 76.9 cm³/mol. The highest BCUT2D eigenvalue weighted by Gasteiger charge is 2.46. The number of nitriles is 1. The maximum Gasteiger partial charge on any atom is 0.122 e. The van der Waals surface area contributed by atoms with Crippen LogP contribution in [0.2, 0.25) is 0 Å². The Hall–Kier alpha value is -1.38. The summed E-state index contributed by atoms with van der Waals surface area (Å²) in [6, 6.07) is 2.60. The zero-order valence-electron chi connectivity index (χ0n) is 12.2. The Morgan fingerprint density at radius 1 is 1.50 bits per heavy atom. The fourth-order valence-corrected chi connectivity index (χ4v) is 3.13. The van der Waals surface area contributed by atoms with Crippen LogP contribution < -0.4 is 5.32 Å². The van der Waals surface area contributed by atoms with Crippen molar-refractivity contribution in [1.82, 2.24) is 19.8 Å². The molecule has 1 fully saturated rings. The molecule has 5 heteroatoms. The van der Waals surface area contributed by atoms with Gasteiger partial charge in [0.25, 0.3) is 0 Å². The third-order valence-electron chi connectivity index (χ3n) is 4.46. The molecule has 1 saturated carbocycles. The van der Waals surface area contributed by atoms with Gasteiger partial charge < -0.3 is 4.57 Å². The molecule has 2 heterocycles. The van der Waals surface area contributed by atoms with Crippen molar-refractivity contribution in [1.29, 1.82) is 5.26 Å². The molecule has 1 aliphatic heterocycles. The second-order valence-corrected chi connectivity index (χ2v) is 6.03. The molecule has 0 spiro atoms. The first-order valence-electron chi connectivity index (χ1n) is 7.66. The average molecular weight is 273 g/mol. The largest absolute Gasteiger partial charge is 0.333 e. The van der Waals surface area contributed by atoms with Crippen molar-refractivity contribution in [3.63, 3.8) is 0 Å². The molecule has 0 saturated heterocycles. The monoisotopic (exact) mass is 273 g/mol. The molecular weight excluding hydrogens is 250 g/mol.